The molecule has 0 saturated carbocycles. The molecule has 6 heteroatoms. The van der Waals surface area contributed by atoms with Crippen molar-refractivity contribution in [2.75, 3.05) is 25.9 Å². The lowest BCUT2D eigenvalue weighted by atomic mass is 10.2. The number of anilines is 1. The van der Waals surface area contributed by atoms with Gasteiger partial charge in [-0.2, -0.15) is 0 Å². The monoisotopic (exact) mass is 324 g/mol. The summed E-state index contributed by atoms with van der Waals surface area (Å²) < 4.78 is 11.2. The SMILES string of the molecule is CC(C)(C)OC(=O)N1CCC(OCc2ccc(N)cc2)C1.CO. The van der Waals surface area contributed by atoms with Crippen LogP contribution in [-0.2, 0) is 16.1 Å². The smallest absolute Gasteiger partial charge is 0.410 e. The van der Waals surface area contributed by atoms with E-state index in [0.717, 1.165) is 24.8 Å². The Morgan fingerprint density at radius 3 is 2.48 bits per heavy atom. The molecule has 130 valence electrons. The highest BCUT2D eigenvalue weighted by molar-refractivity contribution is 5.68. The van der Waals surface area contributed by atoms with E-state index in [1.807, 2.05) is 45.0 Å². The van der Waals surface area contributed by atoms with Crippen LogP contribution in [0.25, 0.3) is 0 Å². The van der Waals surface area contributed by atoms with Crippen LogP contribution in [-0.4, -0.2) is 48.0 Å². The summed E-state index contributed by atoms with van der Waals surface area (Å²) in [5.74, 6) is 0. The lowest BCUT2D eigenvalue weighted by Gasteiger charge is -2.24. The Kier molecular flexibility index (Phi) is 7.32. The largest absolute Gasteiger partial charge is 0.444 e. The van der Waals surface area contributed by atoms with Crippen molar-refractivity contribution in [2.45, 2.75) is 45.5 Å². The van der Waals surface area contributed by atoms with Crippen LogP contribution in [0.3, 0.4) is 0 Å². The number of carbonyl (C=O) groups is 1. The van der Waals surface area contributed by atoms with Crippen molar-refractivity contribution < 1.29 is 19.4 Å². The number of ether oxygens (including phenoxy) is 2. The maximum absolute atomic E-state index is 12.0. The number of benzene rings is 1. The normalized spacial score (nSPS) is 17.4. The number of carbonyl (C=O) groups excluding carboxylic acids is 1. The average molecular weight is 324 g/mol. The topological polar surface area (TPSA) is 85.0 Å². The van der Waals surface area contributed by atoms with Gasteiger partial charge in [0, 0.05) is 19.3 Å². The summed E-state index contributed by atoms with van der Waals surface area (Å²) in [6, 6.07) is 7.63. The van der Waals surface area contributed by atoms with Crippen LogP contribution in [0.2, 0.25) is 0 Å². The second-order valence-electron chi connectivity index (χ2n) is 6.39. The molecule has 0 aromatic heterocycles. The number of amides is 1. The summed E-state index contributed by atoms with van der Waals surface area (Å²) in [6.45, 7) is 7.42. The molecule has 0 spiro atoms. The molecule has 1 saturated heterocycles. The molecule has 1 aliphatic rings. The van der Waals surface area contributed by atoms with Crippen LogP contribution >= 0.6 is 0 Å². The minimum Gasteiger partial charge on any atom is -0.444 e. The summed E-state index contributed by atoms with van der Waals surface area (Å²) >= 11 is 0. The maximum atomic E-state index is 12.0. The first-order valence-corrected chi connectivity index (χ1v) is 7.72. The predicted molar refractivity (Wildman–Crippen MR) is 90.0 cm³/mol. The Hall–Kier alpha value is -1.79. The van der Waals surface area contributed by atoms with Crippen LogP contribution in [0, 0.1) is 0 Å². The fourth-order valence-corrected chi connectivity index (χ4v) is 2.18. The maximum Gasteiger partial charge on any atom is 0.410 e. The zero-order valence-corrected chi connectivity index (χ0v) is 14.4. The average Bonchev–Trinajstić information content (AvgIpc) is 2.96. The van der Waals surface area contributed by atoms with Gasteiger partial charge >= 0.3 is 6.09 Å². The van der Waals surface area contributed by atoms with Crippen LogP contribution < -0.4 is 5.73 Å². The summed E-state index contributed by atoms with van der Waals surface area (Å²) in [4.78, 5) is 13.7. The molecule has 0 bridgehead atoms. The van der Waals surface area contributed by atoms with Crippen molar-refractivity contribution >= 4 is 11.8 Å². The molecule has 23 heavy (non-hydrogen) atoms. The highest BCUT2D eigenvalue weighted by Gasteiger charge is 2.30. The minimum absolute atomic E-state index is 0.0649. The molecule has 1 atom stereocenters. The number of aliphatic hydroxyl groups is 1. The van der Waals surface area contributed by atoms with E-state index in [4.69, 9.17) is 20.3 Å². The van der Waals surface area contributed by atoms with Crippen molar-refractivity contribution in [3.8, 4) is 0 Å². The van der Waals surface area contributed by atoms with Gasteiger partial charge in [0.15, 0.2) is 0 Å². The number of likely N-dealkylation sites (tertiary alicyclic amines) is 1. The molecule has 1 aliphatic heterocycles. The summed E-state index contributed by atoms with van der Waals surface area (Å²) in [5.41, 5.74) is 7.02. The van der Waals surface area contributed by atoms with Gasteiger partial charge in [-0.05, 0) is 44.9 Å². The first-order valence-electron chi connectivity index (χ1n) is 7.72. The first-order chi connectivity index (χ1) is 10.8. The van der Waals surface area contributed by atoms with E-state index in [-0.39, 0.29) is 12.2 Å². The van der Waals surface area contributed by atoms with Crippen molar-refractivity contribution in [3.05, 3.63) is 29.8 Å². The van der Waals surface area contributed by atoms with Crippen LogP contribution in [0.4, 0.5) is 10.5 Å². The van der Waals surface area contributed by atoms with Gasteiger partial charge in [0.05, 0.1) is 19.3 Å². The predicted octanol–water partition coefficient (Wildman–Crippen LogP) is 2.40. The van der Waals surface area contributed by atoms with Crippen molar-refractivity contribution in [1.82, 2.24) is 4.90 Å². The summed E-state index contributed by atoms with van der Waals surface area (Å²) in [5, 5.41) is 7.00. The summed E-state index contributed by atoms with van der Waals surface area (Å²) in [6.07, 6.45) is 0.643. The molecular formula is C17H28N2O4. The molecule has 0 aliphatic carbocycles. The van der Waals surface area contributed by atoms with Gasteiger partial charge in [-0.3, -0.25) is 0 Å². The standard InChI is InChI=1S/C16H24N2O3.CH4O/c1-16(2,3)21-15(19)18-9-8-14(10-18)20-11-12-4-6-13(17)7-5-12;1-2/h4-7,14H,8-11,17H2,1-3H3;2H,1H3. The van der Waals surface area contributed by atoms with Gasteiger partial charge in [0.1, 0.15) is 5.60 Å². The van der Waals surface area contributed by atoms with Crippen molar-refractivity contribution in [2.24, 2.45) is 0 Å². The number of hydrogen-bond donors (Lipinski definition) is 2. The Labute approximate surface area is 138 Å². The van der Waals surface area contributed by atoms with Gasteiger partial charge in [-0.15, -0.1) is 0 Å². The van der Waals surface area contributed by atoms with Crippen LogP contribution in [0.15, 0.2) is 24.3 Å². The number of nitrogens with two attached hydrogens (primary N) is 1. The third-order valence-corrected chi connectivity index (χ3v) is 3.26. The molecule has 1 aromatic carbocycles. The highest BCUT2D eigenvalue weighted by atomic mass is 16.6. The van der Waals surface area contributed by atoms with Gasteiger partial charge in [0.2, 0.25) is 0 Å². The fraction of sp³-hybridized carbons (Fsp3) is 0.588. The number of hydrogen-bond acceptors (Lipinski definition) is 5. The zero-order chi connectivity index (χ0) is 17.5. The van der Waals surface area contributed by atoms with E-state index >= 15 is 0 Å². The van der Waals surface area contributed by atoms with Crippen LogP contribution in [0.5, 0.6) is 0 Å². The van der Waals surface area contributed by atoms with E-state index in [1.54, 1.807) is 4.90 Å². The second-order valence-corrected chi connectivity index (χ2v) is 6.39. The Balaban J connectivity index is 0.00000127. The number of aliphatic hydroxyl groups excluding tert-OH is 1. The zero-order valence-electron chi connectivity index (χ0n) is 14.4. The molecule has 1 fully saturated rings. The quantitative estimate of drug-likeness (QED) is 0.834. The van der Waals surface area contributed by atoms with Crippen LogP contribution in [0.1, 0.15) is 32.8 Å². The van der Waals surface area contributed by atoms with Gasteiger partial charge < -0.3 is 25.2 Å². The third kappa shape index (κ3) is 6.88. The lowest BCUT2D eigenvalue weighted by Crippen LogP contribution is -2.36. The van der Waals surface area contributed by atoms with Crippen molar-refractivity contribution in [1.29, 1.82) is 0 Å². The highest BCUT2D eigenvalue weighted by Crippen LogP contribution is 2.18. The number of nitrogen functional groups attached to an aromatic ring is 1. The molecule has 3 N–H and O–H groups in total. The minimum atomic E-state index is -0.458. The molecule has 1 aromatic rings. The molecule has 2 rings (SSSR count). The molecule has 1 amide bonds. The van der Waals surface area contributed by atoms with E-state index in [0.29, 0.717) is 19.7 Å². The van der Waals surface area contributed by atoms with Gasteiger partial charge in [0.25, 0.3) is 0 Å². The molecular weight excluding hydrogens is 296 g/mol. The summed E-state index contributed by atoms with van der Waals surface area (Å²) in [7, 11) is 1.00. The fourth-order valence-electron chi connectivity index (χ4n) is 2.18. The Morgan fingerprint density at radius 1 is 1.30 bits per heavy atom. The van der Waals surface area contributed by atoms with E-state index in [2.05, 4.69) is 0 Å². The van der Waals surface area contributed by atoms with E-state index < -0.39 is 5.60 Å². The van der Waals surface area contributed by atoms with E-state index in [1.165, 1.54) is 0 Å². The molecule has 1 unspecified atom stereocenters. The van der Waals surface area contributed by atoms with Gasteiger partial charge in [-0.25, -0.2) is 4.79 Å². The molecule has 6 nitrogen and oxygen atoms in total. The Morgan fingerprint density at radius 2 is 1.91 bits per heavy atom. The third-order valence-electron chi connectivity index (χ3n) is 3.26. The van der Waals surface area contributed by atoms with Gasteiger partial charge in [-0.1, -0.05) is 12.1 Å². The number of rotatable bonds is 3. The molecule has 0 radical (unpaired) electrons. The van der Waals surface area contributed by atoms with Crippen molar-refractivity contribution in [3.63, 3.8) is 0 Å². The first kappa shape index (κ1) is 19.3. The van der Waals surface area contributed by atoms with E-state index in [9.17, 15) is 4.79 Å². The number of nitrogens with zero attached hydrogens (tertiary/aromatic N) is 1. The molecule has 1 heterocycles. The second kappa shape index (κ2) is 8.74. The Bertz CT molecular complexity index is 482. The lowest BCUT2D eigenvalue weighted by molar-refractivity contribution is 0.0184.